The van der Waals surface area contributed by atoms with Crippen LogP contribution in [0.2, 0.25) is 0 Å². The van der Waals surface area contributed by atoms with E-state index in [2.05, 4.69) is 67.0 Å². The first-order chi connectivity index (χ1) is 10.1. The van der Waals surface area contributed by atoms with Crippen molar-refractivity contribution in [3.05, 3.63) is 27.8 Å². The molecule has 0 aliphatic carbocycles. The average Bonchev–Trinajstić information content (AvgIpc) is 2.58. The molecule has 0 aromatic heterocycles. The second-order valence-electron chi connectivity index (χ2n) is 7.03. The SMILES string of the molecule is C#Cc1c(C)c(CS)c(C)c(B2OC(C)(C)C(C)(C)O2)c1C. The van der Waals surface area contributed by atoms with E-state index in [-0.39, 0.29) is 11.2 Å². The lowest BCUT2D eigenvalue weighted by molar-refractivity contribution is 0.00578. The third-order valence-corrected chi connectivity index (χ3v) is 5.57. The molecule has 118 valence electrons. The van der Waals surface area contributed by atoms with Gasteiger partial charge in [0.05, 0.1) is 11.2 Å². The molecular formula is C18H25BO2S. The zero-order valence-electron chi connectivity index (χ0n) is 14.6. The number of thiol groups is 1. The summed E-state index contributed by atoms with van der Waals surface area (Å²) in [6.45, 7) is 14.5. The van der Waals surface area contributed by atoms with E-state index in [1.54, 1.807) is 0 Å². The summed E-state index contributed by atoms with van der Waals surface area (Å²) in [5, 5.41) is 0. The van der Waals surface area contributed by atoms with Gasteiger partial charge in [0.15, 0.2) is 0 Å². The standard InChI is InChI=1S/C18H25BO2S/c1-9-14-11(2)15(10-22)13(4)16(12(14)3)19-20-17(5,6)18(7,8)21-19/h1,22H,10H2,2-8H3. The van der Waals surface area contributed by atoms with Crippen molar-refractivity contribution in [2.75, 3.05) is 0 Å². The van der Waals surface area contributed by atoms with Crippen LogP contribution in [0.1, 0.15) is 55.5 Å². The number of terminal acetylenes is 1. The topological polar surface area (TPSA) is 18.5 Å². The second kappa shape index (κ2) is 5.63. The molecule has 2 rings (SSSR count). The first kappa shape index (κ1) is 17.5. The number of benzene rings is 1. The summed E-state index contributed by atoms with van der Waals surface area (Å²) < 4.78 is 12.5. The summed E-state index contributed by atoms with van der Waals surface area (Å²) in [4.78, 5) is 0. The van der Waals surface area contributed by atoms with E-state index in [1.165, 1.54) is 11.1 Å². The molecule has 22 heavy (non-hydrogen) atoms. The molecule has 4 heteroatoms. The molecule has 1 fully saturated rings. The van der Waals surface area contributed by atoms with Crippen molar-refractivity contribution in [3.8, 4) is 12.3 Å². The van der Waals surface area contributed by atoms with Crippen molar-refractivity contribution in [1.82, 2.24) is 0 Å². The minimum absolute atomic E-state index is 0.362. The Balaban J connectivity index is 2.66. The predicted octanol–water partition coefficient (Wildman–Crippen LogP) is 3.32. The summed E-state index contributed by atoms with van der Waals surface area (Å²) in [6.07, 6.45) is 5.74. The van der Waals surface area contributed by atoms with Gasteiger partial charge >= 0.3 is 7.12 Å². The molecule has 0 bridgehead atoms. The molecule has 1 aliphatic heterocycles. The van der Waals surface area contributed by atoms with E-state index in [1.807, 2.05) is 0 Å². The van der Waals surface area contributed by atoms with Crippen LogP contribution in [-0.4, -0.2) is 18.3 Å². The predicted molar refractivity (Wildman–Crippen MR) is 97.0 cm³/mol. The highest BCUT2D eigenvalue weighted by Crippen LogP contribution is 2.37. The van der Waals surface area contributed by atoms with Gasteiger partial charge in [-0.05, 0) is 76.2 Å². The van der Waals surface area contributed by atoms with E-state index in [0.29, 0.717) is 5.75 Å². The first-order valence-electron chi connectivity index (χ1n) is 7.63. The van der Waals surface area contributed by atoms with E-state index in [4.69, 9.17) is 15.7 Å². The van der Waals surface area contributed by atoms with Crippen molar-refractivity contribution in [2.24, 2.45) is 0 Å². The Bertz CT molecular complexity index is 640. The van der Waals surface area contributed by atoms with Crippen molar-refractivity contribution in [1.29, 1.82) is 0 Å². The Kier molecular flexibility index (Phi) is 4.47. The molecule has 1 aromatic rings. The average molecular weight is 316 g/mol. The van der Waals surface area contributed by atoms with E-state index in [0.717, 1.165) is 22.2 Å². The van der Waals surface area contributed by atoms with Crippen molar-refractivity contribution in [2.45, 2.75) is 65.4 Å². The zero-order valence-corrected chi connectivity index (χ0v) is 15.5. The lowest BCUT2D eigenvalue weighted by atomic mass is 9.70. The molecule has 2 nitrogen and oxygen atoms in total. The van der Waals surface area contributed by atoms with Gasteiger partial charge in [-0.1, -0.05) is 5.92 Å². The first-order valence-corrected chi connectivity index (χ1v) is 8.26. The Morgan fingerprint density at radius 2 is 1.50 bits per heavy atom. The molecule has 0 amide bonds. The molecule has 1 heterocycles. The van der Waals surface area contributed by atoms with Gasteiger partial charge in [-0.3, -0.25) is 0 Å². The minimum Gasteiger partial charge on any atom is -0.399 e. The number of hydrogen-bond donors (Lipinski definition) is 1. The van der Waals surface area contributed by atoms with Crippen LogP contribution in [0, 0.1) is 33.1 Å². The highest BCUT2D eigenvalue weighted by Gasteiger charge is 2.52. The monoisotopic (exact) mass is 316 g/mol. The Morgan fingerprint density at radius 3 is 1.91 bits per heavy atom. The third-order valence-electron chi connectivity index (χ3n) is 5.25. The fourth-order valence-electron chi connectivity index (χ4n) is 3.06. The Morgan fingerprint density at radius 1 is 1.00 bits per heavy atom. The maximum Gasteiger partial charge on any atom is 0.495 e. The van der Waals surface area contributed by atoms with Gasteiger partial charge in [0.25, 0.3) is 0 Å². The van der Waals surface area contributed by atoms with Crippen molar-refractivity contribution < 1.29 is 9.31 Å². The molecule has 0 radical (unpaired) electrons. The molecule has 0 atom stereocenters. The fraction of sp³-hybridized carbons (Fsp3) is 0.556. The van der Waals surface area contributed by atoms with Crippen molar-refractivity contribution in [3.63, 3.8) is 0 Å². The van der Waals surface area contributed by atoms with Gasteiger partial charge in [-0.15, -0.1) is 6.42 Å². The number of hydrogen-bond acceptors (Lipinski definition) is 3. The van der Waals surface area contributed by atoms with E-state index >= 15 is 0 Å². The summed E-state index contributed by atoms with van der Waals surface area (Å²) in [5.74, 6) is 3.48. The molecule has 0 saturated carbocycles. The van der Waals surface area contributed by atoms with E-state index < -0.39 is 7.12 Å². The maximum atomic E-state index is 6.23. The molecule has 0 unspecified atom stereocenters. The largest absolute Gasteiger partial charge is 0.495 e. The quantitative estimate of drug-likeness (QED) is 0.513. The normalized spacial score (nSPS) is 19.3. The van der Waals surface area contributed by atoms with Gasteiger partial charge in [-0.25, -0.2) is 0 Å². The van der Waals surface area contributed by atoms with Crippen LogP contribution >= 0.6 is 12.6 Å². The third kappa shape index (κ3) is 2.50. The summed E-state index contributed by atoms with van der Waals surface area (Å²) in [7, 11) is -0.392. The zero-order chi connectivity index (χ0) is 16.9. The van der Waals surface area contributed by atoms with Crippen LogP contribution in [0.3, 0.4) is 0 Å². The minimum atomic E-state index is -0.392. The lowest BCUT2D eigenvalue weighted by Crippen LogP contribution is -2.41. The van der Waals surface area contributed by atoms with Crippen LogP contribution in [-0.2, 0) is 15.1 Å². The Hall–Kier alpha value is -0.885. The fourth-order valence-corrected chi connectivity index (χ4v) is 3.53. The summed E-state index contributed by atoms with van der Waals surface area (Å²) in [5.41, 5.74) is 5.81. The maximum absolute atomic E-state index is 6.23. The van der Waals surface area contributed by atoms with Crippen LogP contribution in [0.5, 0.6) is 0 Å². The van der Waals surface area contributed by atoms with E-state index in [9.17, 15) is 0 Å². The van der Waals surface area contributed by atoms with Crippen LogP contribution in [0.4, 0.5) is 0 Å². The summed E-state index contributed by atoms with van der Waals surface area (Å²) >= 11 is 4.48. The Labute approximate surface area is 140 Å². The van der Waals surface area contributed by atoms with Gasteiger partial charge < -0.3 is 9.31 Å². The molecule has 1 saturated heterocycles. The molecule has 0 spiro atoms. The highest BCUT2D eigenvalue weighted by atomic mass is 32.1. The highest BCUT2D eigenvalue weighted by molar-refractivity contribution is 7.79. The van der Waals surface area contributed by atoms with Gasteiger partial charge in [0, 0.05) is 11.3 Å². The van der Waals surface area contributed by atoms with Crippen LogP contribution in [0.25, 0.3) is 0 Å². The second-order valence-corrected chi connectivity index (χ2v) is 7.35. The van der Waals surface area contributed by atoms with Gasteiger partial charge in [-0.2, -0.15) is 12.6 Å². The van der Waals surface area contributed by atoms with Gasteiger partial charge in [0.1, 0.15) is 0 Å². The molecule has 1 aromatic carbocycles. The molecule has 0 N–H and O–H groups in total. The van der Waals surface area contributed by atoms with Crippen LogP contribution in [0.15, 0.2) is 0 Å². The number of rotatable bonds is 2. The van der Waals surface area contributed by atoms with Gasteiger partial charge in [0.2, 0.25) is 0 Å². The summed E-state index contributed by atoms with van der Waals surface area (Å²) in [6, 6.07) is 0. The molecule has 1 aliphatic rings. The lowest BCUT2D eigenvalue weighted by Gasteiger charge is -2.32. The molecular weight excluding hydrogens is 291 g/mol. The van der Waals surface area contributed by atoms with Crippen molar-refractivity contribution >= 4 is 25.2 Å². The van der Waals surface area contributed by atoms with Crippen LogP contribution < -0.4 is 5.46 Å². The smallest absolute Gasteiger partial charge is 0.399 e.